The standard InChI is InChI=1S/C9H16N2O4/c1-6(2)5-8(13)11-10-7(12)3-4-9(14)15/h6H,3-5H2,1-2H3,(H,10,12)(H,11,13)(H,14,15). The average molecular weight is 216 g/mol. The van der Waals surface area contributed by atoms with Crippen molar-refractivity contribution in [2.24, 2.45) is 5.92 Å². The Bertz CT molecular complexity index is 250. The second-order valence-electron chi connectivity index (χ2n) is 3.59. The Hall–Kier alpha value is -1.59. The van der Waals surface area contributed by atoms with Gasteiger partial charge in [-0.3, -0.25) is 25.2 Å². The number of hydrazine groups is 1. The van der Waals surface area contributed by atoms with Gasteiger partial charge in [-0.15, -0.1) is 0 Å². The fourth-order valence-electron chi connectivity index (χ4n) is 0.844. The highest BCUT2D eigenvalue weighted by molar-refractivity contribution is 5.83. The average Bonchev–Trinajstić information content (AvgIpc) is 2.10. The van der Waals surface area contributed by atoms with Gasteiger partial charge in [0.05, 0.1) is 6.42 Å². The third kappa shape index (κ3) is 8.73. The van der Waals surface area contributed by atoms with Crippen LogP contribution in [0.4, 0.5) is 0 Å². The molecule has 0 aromatic heterocycles. The third-order valence-electron chi connectivity index (χ3n) is 1.50. The highest BCUT2D eigenvalue weighted by Gasteiger charge is 2.07. The van der Waals surface area contributed by atoms with Crippen molar-refractivity contribution in [3.63, 3.8) is 0 Å². The van der Waals surface area contributed by atoms with Gasteiger partial charge in [0.25, 0.3) is 0 Å². The lowest BCUT2D eigenvalue weighted by atomic mass is 10.1. The van der Waals surface area contributed by atoms with Crippen LogP contribution >= 0.6 is 0 Å². The molecule has 6 nitrogen and oxygen atoms in total. The first kappa shape index (κ1) is 13.4. The van der Waals surface area contributed by atoms with E-state index in [-0.39, 0.29) is 24.7 Å². The highest BCUT2D eigenvalue weighted by Crippen LogP contribution is 1.97. The first-order chi connectivity index (χ1) is 6.91. The minimum absolute atomic E-state index is 0.142. The number of carbonyl (C=O) groups is 3. The number of hydrogen-bond donors (Lipinski definition) is 3. The number of nitrogens with one attached hydrogen (secondary N) is 2. The Morgan fingerprint density at radius 1 is 1.07 bits per heavy atom. The summed E-state index contributed by atoms with van der Waals surface area (Å²) >= 11 is 0. The SMILES string of the molecule is CC(C)CC(=O)NNC(=O)CCC(=O)O. The van der Waals surface area contributed by atoms with Gasteiger partial charge in [0.1, 0.15) is 0 Å². The summed E-state index contributed by atoms with van der Waals surface area (Å²) in [6, 6.07) is 0. The maximum Gasteiger partial charge on any atom is 0.303 e. The van der Waals surface area contributed by atoms with Crippen LogP contribution in [0, 0.1) is 5.92 Å². The van der Waals surface area contributed by atoms with Crippen LogP contribution in [0.5, 0.6) is 0 Å². The molecule has 0 aliphatic heterocycles. The van der Waals surface area contributed by atoms with E-state index in [2.05, 4.69) is 10.9 Å². The largest absolute Gasteiger partial charge is 0.481 e. The van der Waals surface area contributed by atoms with Crippen LogP contribution in [0.25, 0.3) is 0 Å². The summed E-state index contributed by atoms with van der Waals surface area (Å²) in [6.07, 6.45) is -0.0671. The second-order valence-corrected chi connectivity index (χ2v) is 3.59. The predicted molar refractivity (Wildman–Crippen MR) is 52.6 cm³/mol. The van der Waals surface area contributed by atoms with Crippen molar-refractivity contribution in [1.29, 1.82) is 0 Å². The van der Waals surface area contributed by atoms with E-state index in [1.807, 2.05) is 13.8 Å². The van der Waals surface area contributed by atoms with Gasteiger partial charge in [-0.05, 0) is 5.92 Å². The van der Waals surface area contributed by atoms with Crippen LogP contribution in [-0.2, 0) is 14.4 Å². The molecule has 0 unspecified atom stereocenters. The first-order valence-electron chi connectivity index (χ1n) is 4.71. The number of carboxylic acids is 1. The van der Waals surface area contributed by atoms with Crippen LogP contribution in [0.3, 0.4) is 0 Å². The molecule has 0 rings (SSSR count). The molecule has 0 atom stereocenters. The van der Waals surface area contributed by atoms with E-state index in [0.717, 1.165) is 0 Å². The summed E-state index contributed by atoms with van der Waals surface area (Å²) in [5.74, 6) is -1.62. The molecule has 0 heterocycles. The van der Waals surface area contributed by atoms with E-state index in [0.29, 0.717) is 6.42 Å². The number of amides is 2. The van der Waals surface area contributed by atoms with Crippen LogP contribution in [0.1, 0.15) is 33.1 Å². The van der Waals surface area contributed by atoms with Crippen molar-refractivity contribution in [3.05, 3.63) is 0 Å². The van der Waals surface area contributed by atoms with Crippen LogP contribution in [0.2, 0.25) is 0 Å². The zero-order chi connectivity index (χ0) is 11.8. The number of hydrogen-bond acceptors (Lipinski definition) is 3. The van der Waals surface area contributed by atoms with Crippen molar-refractivity contribution in [2.45, 2.75) is 33.1 Å². The normalized spacial score (nSPS) is 9.80. The second kappa shape index (κ2) is 6.80. The highest BCUT2D eigenvalue weighted by atomic mass is 16.4. The Kier molecular flexibility index (Phi) is 6.08. The van der Waals surface area contributed by atoms with E-state index in [9.17, 15) is 14.4 Å². The molecule has 0 aliphatic carbocycles. The lowest BCUT2D eigenvalue weighted by Crippen LogP contribution is -2.42. The Balaban J connectivity index is 3.62. The van der Waals surface area contributed by atoms with Gasteiger partial charge in [-0.25, -0.2) is 0 Å². The summed E-state index contributed by atoms with van der Waals surface area (Å²) < 4.78 is 0. The molecule has 0 aromatic rings. The van der Waals surface area contributed by atoms with Gasteiger partial charge in [-0.1, -0.05) is 13.8 Å². The van der Waals surface area contributed by atoms with Crippen LogP contribution < -0.4 is 10.9 Å². The van der Waals surface area contributed by atoms with Gasteiger partial charge < -0.3 is 5.11 Å². The molecule has 6 heteroatoms. The van der Waals surface area contributed by atoms with Crippen LogP contribution in [-0.4, -0.2) is 22.9 Å². The maximum absolute atomic E-state index is 11.1. The fourth-order valence-corrected chi connectivity index (χ4v) is 0.844. The Morgan fingerprint density at radius 3 is 2.07 bits per heavy atom. The van der Waals surface area contributed by atoms with E-state index in [1.165, 1.54) is 0 Å². The van der Waals surface area contributed by atoms with E-state index < -0.39 is 11.9 Å². The van der Waals surface area contributed by atoms with Crippen molar-refractivity contribution in [3.8, 4) is 0 Å². The zero-order valence-electron chi connectivity index (χ0n) is 8.87. The van der Waals surface area contributed by atoms with E-state index >= 15 is 0 Å². The molecule has 0 radical (unpaired) electrons. The van der Waals surface area contributed by atoms with Gasteiger partial charge >= 0.3 is 5.97 Å². The van der Waals surface area contributed by atoms with Crippen molar-refractivity contribution in [2.75, 3.05) is 0 Å². The molecule has 0 fully saturated rings. The number of carboxylic acid groups (broad SMARTS) is 1. The van der Waals surface area contributed by atoms with Crippen LogP contribution in [0.15, 0.2) is 0 Å². The van der Waals surface area contributed by atoms with Gasteiger partial charge in [0, 0.05) is 12.8 Å². The zero-order valence-corrected chi connectivity index (χ0v) is 8.87. The predicted octanol–water partition coefficient (Wildman–Crippen LogP) is 0.0447. The van der Waals surface area contributed by atoms with Gasteiger partial charge in [-0.2, -0.15) is 0 Å². The minimum atomic E-state index is -1.04. The Morgan fingerprint density at radius 2 is 1.60 bits per heavy atom. The molecule has 0 aromatic carbocycles. The maximum atomic E-state index is 11.1. The Labute approximate surface area is 88.0 Å². The van der Waals surface area contributed by atoms with Crippen molar-refractivity contribution >= 4 is 17.8 Å². The molecular formula is C9H16N2O4. The topological polar surface area (TPSA) is 95.5 Å². The summed E-state index contributed by atoms with van der Waals surface area (Å²) in [4.78, 5) is 32.1. The van der Waals surface area contributed by atoms with Crippen molar-refractivity contribution in [1.82, 2.24) is 10.9 Å². The van der Waals surface area contributed by atoms with E-state index in [1.54, 1.807) is 0 Å². The summed E-state index contributed by atoms with van der Waals surface area (Å²) in [5.41, 5.74) is 4.35. The fraction of sp³-hybridized carbons (Fsp3) is 0.667. The molecule has 2 amide bonds. The molecule has 86 valence electrons. The van der Waals surface area contributed by atoms with Gasteiger partial charge in [0.15, 0.2) is 0 Å². The number of carbonyl (C=O) groups excluding carboxylic acids is 2. The first-order valence-corrected chi connectivity index (χ1v) is 4.71. The van der Waals surface area contributed by atoms with Crippen molar-refractivity contribution < 1.29 is 19.5 Å². The van der Waals surface area contributed by atoms with Gasteiger partial charge in [0.2, 0.25) is 11.8 Å². The molecule has 0 bridgehead atoms. The smallest absolute Gasteiger partial charge is 0.303 e. The van der Waals surface area contributed by atoms with E-state index in [4.69, 9.17) is 5.11 Å². The molecule has 0 saturated carbocycles. The molecule has 0 spiro atoms. The molecular weight excluding hydrogens is 200 g/mol. The quantitative estimate of drug-likeness (QED) is 0.565. The molecule has 3 N–H and O–H groups in total. The summed E-state index contributed by atoms with van der Waals surface area (Å²) in [7, 11) is 0. The summed E-state index contributed by atoms with van der Waals surface area (Å²) in [5, 5.41) is 8.29. The molecule has 15 heavy (non-hydrogen) atoms. The lowest BCUT2D eigenvalue weighted by molar-refractivity contribution is -0.139. The summed E-state index contributed by atoms with van der Waals surface area (Å²) in [6.45, 7) is 3.76. The minimum Gasteiger partial charge on any atom is -0.481 e. The lowest BCUT2D eigenvalue weighted by Gasteiger charge is -2.07. The third-order valence-corrected chi connectivity index (χ3v) is 1.50. The number of rotatable bonds is 5. The number of aliphatic carboxylic acids is 1. The molecule has 0 aliphatic rings. The monoisotopic (exact) mass is 216 g/mol. The molecule has 0 saturated heterocycles.